The molecule has 21 heavy (non-hydrogen) atoms. The van der Waals surface area contributed by atoms with E-state index in [2.05, 4.69) is 66.8 Å². The largest absolute Gasteiger partial charge is 0.311 e. The van der Waals surface area contributed by atoms with Crippen molar-refractivity contribution in [1.82, 2.24) is 10.2 Å². The second-order valence-electron chi connectivity index (χ2n) is 6.57. The van der Waals surface area contributed by atoms with Gasteiger partial charge in [-0.2, -0.15) is 0 Å². The van der Waals surface area contributed by atoms with E-state index >= 15 is 0 Å². The molecule has 2 heteroatoms. The lowest BCUT2D eigenvalue weighted by atomic mass is 9.95. The lowest BCUT2D eigenvalue weighted by Gasteiger charge is -2.36. The lowest BCUT2D eigenvalue weighted by molar-refractivity contribution is 0.153. The van der Waals surface area contributed by atoms with E-state index in [1.54, 1.807) is 0 Å². The summed E-state index contributed by atoms with van der Waals surface area (Å²) in [7, 11) is 4.45. The summed E-state index contributed by atoms with van der Waals surface area (Å²) in [5.74, 6) is 0. The van der Waals surface area contributed by atoms with Crippen LogP contribution in [-0.4, -0.2) is 31.1 Å². The molecule has 0 aliphatic heterocycles. The van der Waals surface area contributed by atoms with Gasteiger partial charge in [-0.1, -0.05) is 55.3 Å². The third kappa shape index (κ3) is 2.97. The molecule has 1 aliphatic rings. The predicted octanol–water partition coefficient (Wildman–Crippen LogP) is 3.80. The maximum Gasteiger partial charge on any atom is 0.0328 e. The van der Waals surface area contributed by atoms with Gasteiger partial charge in [0.2, 0.25) is 0 Å². The Morgan fingerprint density at radius 2 is 1.71 bits per heavy atom. The van der Waals surface area contributed by atoms with Crippen molar-refractivity contribution in [3.05, 3.63) is 48.0 Å². The summed E-state index contributed by atoms with van der Waals surface area (Å²) >= 11 is 0. The SMILES string of the molecule is CN(C)C1(CNCc2cccc3ccccc23)CCCC1. The lowest BCUT2D eigenvalue weighted by Crippen LogP contribution is -2.49. The van der Waals surface area contributed by atoms with Crippen molar-refractivity contribution in [2.24, 2.45) is 0 Å². The van der Waals surface area contributed by atoms with Crippen molar-refractivity contribution >= 4 is 10.8 Å². The molecule has 0 aromatic heterocycles. The molecule has 112 valence electrons. The first-order valence-electron chi connectivity index (χ1n) is 8.06. The summed E-state index contributed by atoms with van der Waals surface area (Å²) in [5.41, 5.74) is 1.77. The summed E-state index contributed by atoms with van der Waals surface area (Å²) in [6.07, 6.45) is 5.38. The van der Waals surface area contributed by atoms with Crippen LogP contribution in [0.5, 0.6) is 0 Å². The summed E-state index contributed by atoms with van der Waals surface area (Å²) < 4.78 is 0. The summed E-state index contributed by atoms with van der Waals surface area (Å²) in [6.45, 7) is 2.04. The highest BCUT2D eigenvalue weighted by atomic mass is 15.2. The molecule has 1 saturated carbocycles. The van der Waals surface area contributed by atoms with Gasteiger partial charge in [0, 0.05) is 18.6 Å². The molecule has 0 amide bonds. The number of benzene rings is 2. The predicted molar refractivity (Wildman–Crippen MR) is 90.5 cm³/mol. The molecule has 0 bridgehead atoms. The van der Waals surface area contributed by atoms with E-state index in [1.807, 2.05) is 0 Å². The van der Waals surface area contributed by atoms with Crippen LogP contribution in [0.15, 0.2) is 42.5 Å². The van der Waals surface area contributed by atoms with Crippen LogP contribution >= 0.6 is 0 Å². The molecule has 1 fully saturated rings. The van der Waals surface area contributed by atoms with Gasteiger partial charge in [0.1, 0.15) is 0 Å². The van der Waals surface area contributed by atoms with Crippen molar-refractivity contribution in [2.75, 3.05) is 20.6 Å². The third-order valence-electron chi connectivity index (χ3n) is 5.13. The molecule has 0 spiro atoms. The van der Waals surface area contributed by atoms with E-state index in [-0.39, 0.29) is 0 Å². The molecular formula is C19H26N2. The van der Waals surface area contributed by atoms with Crippen LogP contribution in [0.25, 0.3) is 10.8 Å². The van der Waals surface area contributed by atoms with Gasteiger partial charge >= 0.3 is 0 Å². The first-order chi connectivity index (χ1) is 10.2. The minimum atomic E-state index is 0.366. The van der Waals surface area contributed by atoms with Gasteiger partial charge in [-0.25, -0.2) is 0 Å². The second kappa shape index (κ2) is 6.17. The zero-order valence-corrected chi connectivity index (χ0v) is 13.2. The minimum Gasteiger partial charge on any atom is -0.311 e. The maximum atomic E-state index is 3.72. The highest BCUT2D eigenvalue weighted by Crippen LogP contribution is 2.33. The van der Waals surface area contributed by atoms with E-state index in [4.69, 9.17) is 0 Å². The molecule has 2 aromatic rings. The van der Waals surface area contributed by atoms with Gasteiger partial charge in [-0.15, -0.1) is 0 Å². The first-order valence-corrected chi connectivity index (χ1v) is 8.06. The molecule has 0 unspecified atom stereocenters. The number of hydrogen-bond donors (Lipinski definition) is 1. The Morgan fingerprint density at radius 1 is 1.00 bits per heavy atom. The van der Waals surface area contributed by atoms with Crippen molar-refractivity contribution < 1.29 is 0 Å². The second-order valence-corrected chi connectivity index (χ2v) is 6.57. The molecule has 3 rings (SSSR count). The van der Waals surface area contributed by atoms with Crippen LogP contribution in [0.2, 0.25) is 0 Å². The molecule has 0 radical (unpaired) electrons. The zero-order chi connectivity index (χ0) is 14.7. The standard InChI is InChI=1S/C19H26N2/c1-21(2)19(12-5-6-13-19)15-20-14-17-10-7-9-16-8-3-4-11-18(16)17/h3-4,7-11,20H,5-6,12-15H2,1-2H3. The van der Waals surface area contributed by atoms with Crippen LogP contribution in [0, 0.1) is 0 Å². The van der Waals surface area contributed by atoms with Crippen molar-refractivity contribution in [3.63, 3.8) is 0 Å². The van der Waals surface area contributed by atoms with Gasteiger partial charge in [0.25, 0.3) is 0 Å². The monoisotopic (exact) mass is 282 g/mol. The number of fused-ring (bicyclic) bond motifs is 1. The Morgan fingerprint density at radius 3 is 2.48 bits per heavy atom. The zero-order valence-electron chi connectivity index (χ0n) is 13.2. The van der Waals surface area contributed by atoms with Gasteiger partial charge in [-0.05, 0) is 43.3 Å². The Hall–Kier alpha value is -1.38. The topological polar surface area (TPSA) is 15.3 Å². The van der Waals surface area contributed by atoms with Crippen LogP contribution in [0.4, 0.5) is 0 Å². The van der Waals surface area contributed by atoms with E-state index in [0.717, 1.165) is 13.1 Å². The van der Waals surface area contributed by atoms with Crippen molar-refractivity contribution in [1.29, 1.82) is 0 Å². The average Bonchev–Trinajstić information content (AvgIpc) is 2.98. The molecule has 0 heterocycles. The molecule has 1 aliphatic carbocycles. The number of likely N-dealkylation sites (N-methyl/N-ethyl adjacent to an activating group) is 1. The van der Waals surface area contributed by atoms with Crippen LogP contribution in [0.1, 0.15) is 31.2 Å². The third-order valence-corrected chi connectivity index (χ3v) is 5.13. The Bertz CT molecular complexity index is 592. The van der Waals surface area contributed by atoms with Gasteiger partial charge in [0.05, 0.1) is 0 Å². The fourth-order valence-electron chi connectivity index (χ4n) is 3.69. The highest BCUT2D eigenvalue weighted by molar-refractivity contribution is 5.85. The fraction of sp³-hybridized carbons (Fsp3) is 0.474. The summed E-state index contributed by atoms with van der Waals surface area (Å²) in [6, 6.07) is 15.3. The van der Waals surface area contributed by atoms with Crippen molar-refractivity contribution in [2.45, 2.75) is 37.8 Å². The highest BCUT2D eigenvalue weighted by Gasteiger charge is 2.35. The Labute approximate surface area is 128 Å². The summed E-state index contributed by atoms with van der Waals surface area (Å²) in [5, 5.41) is 6.42. The quantitative estimate of drug-likeness (QED) is 0.897. The van der Waals surface area contributed by atoms with E-state index in [1.165, 1.54) is 42.0 Å². The number of nitrogens with one attached hydrogen (secondary N) is 1. The van der Waals surface area contributed by atoms with Gasteiger partial charge in [-0.3, -0.25) is 0 Å². The molecule has 1 N–H and O–H groups in total. The van der Waals surface area contributed by atoms with E-state index in [0.29, 0.717) is 5.54 Å². The Kier molecular flexibility index (Phi) is 4.27. The number of rotatable bonds is 5. The molecule has 0 saturated heterocycles. The van der Waals surface area contributed by atoms with E-state index in [9.17, 15) is 0 Å². The Balaban J connectivity index is 1.69. The molecule has 2 nitrogen and oxygen atoms in total. The summed E-state index contributed by atoms with van der Waals surface area (Å²) in [4.78, 5) is 2.43. The van der Waals surface area contributed by atoms with Gasteiger partial charge in [0.15, 0.2) is 0 Å². The molecular weight excluding hydrogens is 256 g/mol. The van der Waals surface area contributed by atoms with Crippen molar-refractivity contribution in [3.8, 4) is 0 Å². The minimum absolute atomic E-state index is 0.366. The van der Waals surface area contributed by atoms with Gasteiger partial charge < -0.3 is 10.2 Å². The van der Waals surface area contributed by atoms with Crippen LogP contribution < -0.4 is 5.32 Å². The van der Waals surface area contributed by atoms with Crippen LogP contribution in [0.3, 0.4) is 0 Å². The number of nitrogens with zero attached hydrogens (tertiary/aromatic N) is 1. The van der Waals surface area contributed by atoms with Crippen LogP contribution in [-0.2, 0) is 6.54 Å². The maximum absolute atomic E-state index is 3.72. The molecule has 2 aromatic carbocycles. The first kappa shape index (κ1) is 14.6. The smallest absolute Gasteiger partial charge is 0.0328 e. The average molecular weight is 282 g/mol. The molecule has 0 atom stereocenters. The normalized spacial score (nSPS) is 17.7. The number of hydrogen-bond acceptors (Lipinski definition) is 2. The van der Waals surface area contributed by atoms with E-state index < -0.39 is 0 Å². The fourth-order valence-corrected chi connectivity index (χ4v) is 3.69.